The molecule has 5 heteroatoms. The van der Waals surface area contributed by atoms with Crippen LogP contribution in [0.2, 0.25) is 0 Å². The third-order valence-electron chi connectivity index (χ3n) is 2.32. The average molecular weight is 233 g/mol. The van der Waals surface area contributed by atoms with Crippen molar-refractivity contribution in [1.82, 2.24) is 15.1 Å². The summed E-state index contributed by atoms with van der Waals surface area (Å²) in [6.45, 7) is 5.96. The lowest BCUT2D eigenvalue weighted by Crippen LogP contribution is -2.13. The molecule has 2 heterocycles. The lowest BCUT2D eigenvalue weighted by molar-refractivity contribution is 0.277. The van der Waals surface area contributed by atoms with E-state index < -0.39 is 0 Å². The molecule has 0 amide bonds. The van der Waals surface area contributed by atoms with E-state index in [1.807, 2.05) is 20.8 Å². The molecule has 2 aromatic heterocycles. The number of pyridine rings is 1. The van der Waals surface area contributed by atoms with Gasteiger partial charge in [0.1, 0.15) is 0 Å². The normalized spacial score (nSPS) is 11.8. The largest absolute Gasteiger partial charge is 0.390 e. The van der Waals surface area contributed by atoms with Crippen molar-refractivity contribution in [2.24, 2.45) is 0 Å². The molecule has 2 aromatic rings. The molecule has 0 radical (unpaired) electrons. The Kier molecular flexibility index (Phi) is 2.93. The maximum atomic E-state index is 9.01. The fourth-order valence-electron chi connectivity index (χ4n) is 1.34. The van der Waals surface area contributed by atoms with Crippen LogP contribution < -0.4 is 0 Å². The van der Waals surface area contributed by atoms with Crippen molar-refractivity contribution in [2.75, 3.05) is 0 Å². The fourth-order valence-corrected chi connectivity index (χ4v) is 1.34. The zero-order valence-corrected chi connectivity index (χ0v) is 10.1. The van der Waals surface area contributed by atoms with Gasteiger partial charge in [0.05, 0.1) is 12.3 Å². The first-order chi connectivity index (χ1) is 8.00. The molecule has 0 fully saturated rings. The van der Waals surface area contributed by atoms with Crippen LogP contribution in [0.4, 0.5) is 0 Å². The van der Waals surface area contributed by atoms with Crippen LogP contribution in [-0.4, -0.2) is 20.2 Å². The first-order valence-corrected chi connectivity index (χ1v) is 5.41. The summed E-state index contributed by atoms with van der Waals surface area (Å²) in [6.07, 6.45) is 1.61. The first-order valence-electron chi connectivity index (χ1n) is 5.41. The van der Waals surface area contributed by atoms with Gasteiger partial charge in [-0.25, -0.2) is 0 Å². The highest BCUT2D eigenvalue weighted by Gasteiger charge is 2.21. The molecule has 0 bridgehead atoms. The zero-order chi connectivity index (χ0) is 12.5. The summed E-state index contributed by atoms with van der Waals surface area (Å²) in [5, 5.41) is 13.0. The minimum absolute atomic E-state index is 0.103. The van der Waals surface area contributed by atoms with Gasteiger partial charge >= 0.3 is 0 Å². The maximum Gasteiger partial charge on any atom is 0.258 e. The van der Waals surface area contributed by atoms with Gasteiger partial charge in [0.15, 0.2) is 5.82 Å². The third kappa shape index (κ3) is 2.50. The number of rotatable bonds is 2. The van der Waals surface area contributed by atoms with Gasteiger partial charge in [-0.15, -0.1) is 0 Å². The van der Waals surface area contributed by atoms with Gasteiger partial charge < -0.3 is 9.63 Å². The van der Waals surface area contributed by atoms with Gasteiger partial charge in [-0.05, 0) is 12.1 Å². The lowest BCUT2D eigenvalue weighted by atomic mass is 9.96. The van der Waals surface area contributed by atoms with Crippen molar-refractivity contribution >= 4 is 0 Å². The summed E-state index contributed by atoms with van der Waals surface area (Å²) in [7, 11) is 0. The van der Waals surface area contributed by atoms with E-state index in [0.29, 0.717) is 17.4 Å². The molecular formula is C12H15N3O2. The Morgan fingerprint density at radius 3 is 2.71 bits per heavy atom. The van der Waals surface area contributed by atoms with Crippen LogP contribution in [0.1, 0.15) is 32.3 Å². The molecule has 17 heavy (non-hydrogen) atoms. The molecule has 5 nitrogen and oxygen atoms in total. The van der Waals surface area contributed by atoms with Crippen molar-refractivity contribution in [3.05, 3.63) is 29.8 Å². The Balaban J connectivity index is 2.37. The highest BCUT2D eigenvalue weighted by molar-refractivity contribution is 5.52. The Bertz CT molecular complexity index is 514. The number of aliphatic hydroxyl groups is 1. The van der Waals surface area contributed by atoms with Crippen molar-refractivity contribution < 1.29 is 9.63 Å². The first kappa shape index (κ1) is 11.7. The highest BCUT2D eigenvalue weighted by atomic mass is 16.5. The number of hydrogen-bond acceptors (Lipinski definition) is 5. The smallest absolute Gasteiger partial charge is 0.258 e. The summed E-state index contributed by atoms with van der Waals surface area (Å²) < 4.78 is 5.21. The van der Waals surface area contributed by atoms with E-state index in [1.165, 1.54) is 0 Å². The van der Waals surface area contributed by atoms with Gasteiger partial charge in [-0.1, -0.05) is 25.9 Å². The van der Waals surface area contributed by atoms with Crippen molar-refractivity contribution in [1.29, 1.82) is 0 Å². The molecule has 0 unspecified atom stereocenters. The van der Waals surface area contributed by atoms with E-state index in [1.54, 1.807) is 18.3 Å². The number of nitrogens with zero attached hydrogens (tertiary/aromatic N) is 3. The van der Waals surface area contributed by atoms with Crippen LogP contribution >= 0.6 is 0 Å². The van der Waals surface area contributed by atoms with Crippen LogP contribution in [0, 0.1) is 0 Å². The standard InChI is InChI=1S/C12H15N3O2/c1-12(2,3)11-14-10(17-15-11)8-4-5-13-9(6-8)7-16/h4-6,16H,7H2,1-3H3. The van der Waals surface area contributed by atoms with Gasteiger partial charge in [0.2, 0.25) is 0 Å². The Morgan fingerprint density at radius 2 is 2.12 bits per heavy atom. The molecular weight excluding hydrogens is 218 g/mol. The second kappa shape index (κ2) is 4.25. The Morgan fingerprint density at radius 1 is 1.35 bits per heavy atom. The van der Waals surface area contributed by atoms with Crippen LogP contribution in [0.5, 0.6) is 0 Å². The molecule has 0 spiro atoms. The summed E-state index contributed by atoms with van der Waals surface area (Å²) in [6, 6.07) is 3.51. The zero-order valence-electron chi connectivity index (χ0n) is 10.1. The number of aliphatic hydroxyl groups excluding tert-OH is 1. The monoisotopic (exact) mass is 233 g/mol. The fraction of sp³-hybridized carbons (Fsp3) is 0.417. The average Bonchev–Trinajstić information content (AvgIpc) is 2.78. The van der Waals surface area contributed by atoms with Crippen molar-refractivity contribution in [3.8, 4) is 11.5 Å². The molecule has 0 aromatic carbocycles. The molecule has 0 saturated carbocycles. The molecule has 1 N–H and O–H groups in total. The van der Waals surface area contributed by atoms with Gasteiger partial charge in [0.25, 0.3) is 5.89 Å². The minimum atomic E-state index is -0.144. The lowest BCUT2D eigenvalue weighted by Gasteiger charge is -2.10. The van der Waals surface area contributed by atoms with Gasteiger partial charge in [0, 0.05) is 17.2 Å². The predicted octanol–water partition coefficient (Wildman–Crippen LogP) is 1.92. The SMILES string of the molecule is CC(C)(C)c1noc(-c2ccnc(CO)c2)n1. The molecule has 90 valence electrons. The van der Waals surface area contributed by atoms with Gasteiger partial charge in [-0.2, -0.15) is 4.98 Å². The van der Waals surface area contributed by atoms with Gasteiger partial charge in [-0.3, -0.25) is 4.98 Å². The highest BCUT2D eigenvalue weighted by Crippen LogP contribution is 2.23. The van der Waals surface area contributed by atoms with Crippen molar-refractivity contribution in [3.63, 3.8) is 0 Å². The maximum absolute atomic E-state index is 9.01. The van der Waals surface area contributed by atoms with Crippen LogP contribution in [0.3, 0.4) is 0 Å². The molecule has 0 aliphatic carbocycles. The number of hydrogen-bond donors (Lipinski definition) is 1. The summed E-state index contributed by atoms with van der Waals surface area (Å²) >= 11 is 0. The van der Waals surface area contributed by atoms with Crippen LogP contribution in [-0.2, 0) is 12.0 Å². The Hall–Kier alpha value is -1.75. The summed E-state index contributed by atoms with van der Waals surface area (Å²) in [5.74, 6) is 1.11. The summed E-state index contributed by atoms with van der Waals surface area (Å²) in [4.78, 5) is 8.34. The predicted molar refractivity (Wildman–Crippen MR) is 62.2 cm³/mol. The Labute approximate surface area is 99.5 Å². The molecule has 0 aliphatic rings. The quantitative estimate of drug-likeness (QED) is 0.858. The molecule has 0 aliphatic heterocycles. The number of aromatic nitrogens is 3. The second-order valence-corrected chi connectivity index (χ2v) is 4.87. The van der Waals surface area contributed by atoms with E-state index in [-0.39, 0.29) is 12.0 Å². The van der Waals surface area contributed by atoms with E-state index >= 15 is 0 Å². The third-order valence-corrected chi connectivity index (χ3v) is 2.32. The molecule has 2 rings (SSSR count). The van der Waals surface area contributed by atoms with Crippen LogP contribution in [0.25, 0.3) is 11.5 Å². The van der Waals surface area contributed by atoms with Crippen LogP contribution in [0.15, 0.2) is 22.9 Å². The molecule has 0 atom stereocenters. The van der Waals surface area contributed by atoms with E-state index in [0.717, 1.165) is 5.56 Å². The van der Waals surface area contributed by atoms with Crippen molar-refractivity contribution in [2.45, 2.75) is 32.8 Å². The van der Waals surface area contributed by atoms with E-state index in [9.17, 15) is 0 Å². The summed E-state index contributed by atoms with van der Waals surface area (Å²) in [5.41, 5.74) is 1.21. The molecule has 0 saturated heterocycles. The minimum Gasteiger partial charge on any atom is -0.390 e. The van der Waals surface area contributed by atoms with E-state index in [2.05, 4.69) is 15.1 Å². The second-order valence-electron chi connectivity index (χ2n) is 4.87. The topological polar surface area (TPSA) is 72.0 Å². The van der Waals surface area contributed by atoms with E-state index in [4.69, 9.17) is 9.63 Å².